The molecule has 15 heavy (non-hydrogen) atoms. The van der Waals surface area contributed by atoms with Gasteiger partial charge in [0, 0.05) is 0 Å². The molecule has 0 radical (unpaired) electrons. The standard InChI is InChI=1S/C6H11N3O6/c10-1-7-4(13)8(2-11)6(15)9(3-12)5(7)14/h4,10-13H,1-3H2. The number of hydrogen-bond acceptors (Lipinski definition) is 6. The number of rotatable bonds is 3. The zero-order valence-electron chi connectivity index (χ0n) is 7.65. The third-order valence-corrected chi connectivity index (χ3v) is 1.96. The number of aliphatic hydroxyl groups is 4. The topological polar surface area (TPSA) is 125 Å². The second-order valence-electron chi connectivity index (χ2n) is 2.70. The van der Waals surface area contributed by atoms with Crippen LogP contribution in [0.15, 0.2) is 0 Å². The minimum absolute atomic E-state index is 0.360. The van der Waals surface area contributed by atoms with Gasteiger partial charge in [-0.3, -0.25) is 9.80 Å². The fourth-order valence-electron chi connectivity index (χ4n) is 1.15. The van der Waals surface area contributed by atoms with Gasteiger partial charge < -0.3 is 20.4 Å². The molecule has 0 atom stereocenters. The van der Waals surface area contributed by atoms with Crippen molar-refractivity contribution in [3.63, 3.8) is 0 Å². The molecule has 0 aliphatic carbocycles. The van der Waals surface area contributed by atoms with Gasteiger partial charge in [0.15, 0.2) is 0 Å². The van der Waals surface area contributed by atoms with Crippen molar-refractivity contribution in [1.82, 2.24) is 14.7 Å². The molecule has 1 saturated heterocycles. The van der Waals surface area contributed by atoms with Crippen molar-refractivity contribution in [2.24, 2.45) is 0 Å². The van der Waals surface area contributed by atoms with Crippen LogP contribution in [0.25, 0.3) is 0 Å². The van der Waals surface area contributed by atoms with E-state index in [-0.39, 0.29) is 0 Å². The number of aliphatic hydroxyl groups excluding tert-OH is 4. The molecular weight excluding hydrogens is 210 g/mol. The molecule has 4 N–H and O–H groups in total. The number of nitrogens with zero attached hydrogens (tertiary/aromatic N) is 3. The number of amides is 4. The first-order chi connectivity index (χ1) is 7.08. The van der Waals surface area contributed by atoms with Crippen LogP contribution >= 0.6 is 0 Å². The van der Waals surface area contributed by atoms with E-state index < -0.39 is 38.6 Å². The van der Waals surface area contributed by atoms with E-state index in [1.165, 1.54) is 0 Å². The van der Waals surface area contributed by atoms with Gasteiger partial charge in [-0.15, -0.1) is 0 Å². The van der Waals surface area contributed by atoms with E-state index in [0.717, 1.165) is 0 Å². The molecule has 0 bridgehead atoms. The zero-order chi connectivity index (χ0) is 11.6. The Balaban J connectivity index is 2.98. The maximum Gasteiger partial charge on any atom is 0.335 e. The molecule has 0 aromatic carbocycles. The third-order valence-electron chi connectivity index (χ3n) is 1.96. The molecule has 1 heterocycles. The van der Waals surface area contributed by atoms with Crippen LogP contribution in [-0.4, -0.2) is 73.7 Å². The summed E-state index contributed by atoms with van der Waals surface area (Å²) in [6, 6.07) is -2.08. The van der Waals surface area contributed by atoms with Gasteiger partial charge in [-0.05, 0) is 0 Å². The molecule has 1 rings (SSSR count). The normalized spacial score (nSPS) is 19.1. The number of carbonyl (C=O) groups is 2. The summed E-state index contributed by atoms with van der Waals surface area (Å²) in [4.78, 5) is 24.0. The second-order valence-corrected chi connectivity index (χ2v) is 2.70. The van der Waals surface area contributed by atoms with Gasteiger partial charge in [-0.2, -0.15) is 0 Å². The number of carbonyl (C=O) groups excluding carboxylic acids is 2. The van der Waals surface area contributed by atoms with Crippen molar-refractivity contribution < 1.29 is 30.0 Å². The molecule has 1 aliphatic rings. The molecule has 1 fully saturated rings. The summed E-state index contributed by atoms with van der Waals surface area (Å²) < 4.78 is 0. The first kappa shape index (κ1) is 11.7. The molecule has 0 unspecified atom stereocenters. The van der Waals surface area contributed by atoms with E-state index in [1.807, 2.05) is 0 Å². The summed E-state index contributed by atoms with van der Waals surface area (Å²) in [6.45, 7) is -2.60. The van der Waals surface area contributed by atoms with Gasteiger partial charge in [0.1, 0.15) is 20.2 Å². The molecule has 0 aromatic rings. The van der Waals surface area contributed by atoms with Crippen LogP contribution in [0.2, 0.25) is 0 Å². The van der Waals surface area contributed by atoms with Gasteiger partial charge in [0.2, 0.25) is 6.35 Å². The van der Waals surface area contributed by atoms with Crippen molar-refractivity contribution in [2.75, 3.05) is 20.2 Å². The van der Waals surface area contributed by atoms with Crippen LogP contribution in [-0.2, 0) is 0 Å². The highest BCUT2D eigenvalue weighted by Crippen LogP contribution is 2.15. The quantitative estimate of drug-likeness (QED) is 0.410. The number of imide groups is 1. The molecule has 0 aromatic heterocycles. The predicted molar refractivity (Wildman–Crippen MR) is 43.6 cm³/mol. The molecule has 9 nitrogen and oxygen atoms in total. The van der Waals surface area contributed by atoms with Crippen LogP contribution in [0.4, 0.5) is 9.59 Å². The van der Waals surface area contributed by atoms with Crippen molar-refractivity contribution in [3.05, 3.63) is 0 Å². The molecular formula is C6H11N3O6. The lowest BCUT2D eigenvalue weighted by molar-refractivity contribution is -0.140. The van der Waals surface area contributed by atoms with E-state index in [2.05, 4.69) is 0 Å². The smallest absolute Gasteiger partial charge is 0.335 e. The van der Waals surface area contributed by atoms with E-state index in [4.69, 9.17) is 15.3 Å². The fourth-order valence-corrected chi connectivity index (χ4v) is 1.15. The molecule has 4 amide bonds. The van der Waals surface area contributed by atoms with Crippen molar-refractivity contribution in [3.8, 4) is 0 Å². The molecule has 1 aliphatic heterocycles. The number of urea groups is 2. The van der Waals surface area contributed by atoms with Gasteiger partial charge in [0.05, 0.1) is 0 Å². The maximum absolute atomic E-state index is 11.3. The lowest BCUT2D eigenvalue weighted by atomic mass is 10.5. The third kappa shape index (κ3) is 1.72. The van der Waals surface area contributed by atoms with Crippen LogP contribution in [0.5, 0.6) is 0 Å². The van der Waals surface area contributed by atoms with Crippen molar-refractivity contribution in [1.29, 1.82) is 0 Å². The Labute approximate surface area is 84.3 Å². The summed E-state index contributed by atoms with van der Waals surface area (Å²) in [6.07, 6.45) is -1.75. The predicted octanol–water partition coefficient (Wildman–Crippen LogP) is -2.73. The Morgan fingerprint density at radius 2 is 1.33 bits per heavy atom. The highest BCUT2D eigenvalue weighted by atomic mass is 16.4. The van der Waals surface area contributed by atoms with E-state index >= 15 is 0 Å². The summed E-state index contributed by atoms with van der Waals surface area (Å²) in [5.41, 5.74) is 0. The average Bonchev–Trinajstić information content (AvgIpc) is 2.19. The highest BCUT2D eigenvalue weighted by molar-refractivity contribution is 5.95. The summed E-state index contributed by atoms with van der Waals surface area (Å²) >= 11 is 0. The summed E-state index contributed by atoms with van der Waals surface area (Å²) in [5.74, 6) is 0. The minimum atomic E-state index is -1.75. The second kappa shape index (κ2) is 4.40. The van der Waals surface area contributed by atoms with Gasteiger partial charge in [-0.25, -0.2) is 14.5 Å². The monoisotopic (exact) mass is 221 g/mol. The van der Waals surface area contributed by atoms with Crippen molar-refractivity contribution in [2.45, 2.75) is 6.35 Å². The van der Waals surface area contributed by atoms with Crippen LogP contribution in [0, 0.1) is 0 Å². The van der Waals surface area contributed by atoms with E-state index in [0.29, 0.717) is 14.7 Å². The Kier molecular flexibility index (Phi) is 3.42. The minimum Gasteiger partial charge on any atom is -0.376 e. The zero-order valence-corrected chi connectivity index (χ0v) is 7.65. The lowest BCUT2D eigenvalue weighted by Crippen LogP contribution is -2.66. The van der Waals surface area contributed by atoms with Crippen LogP contribution in [0.3, 0.4) is 0 Å². The van der Waals surface area contributed by atoms with Crippen LogP contribution < -0.4 is 0 Å². The maximum atomic E-state index is 11.3. The van der Waals surface area contributed by atoms with E-state index in [1.54, 1.807) is 0 Å². The molecule has 0 spiro atoms. The average molecular weight is 221 g/mol. The van der Waals surface area contributed by atoms with Gasteiger partial charge in [-0.1, -0.05) is 0 Å². The fraction of sp³-hybridized carbons (Fsp3) is 0.667. The Morgan fingerprint density at radius 3 is 1.60 bits per heavy atom. The Bertz CT molecular complexity index is 248. The summed E-state index contributed by atoms with van der Waals surface area (Å²) in [7, 11) is 0. The van der Waals surface area contributed by atoms with E-state index in [9.17, 15) is 14.7 Å². The molecule has 86 valence electrons. The first-order valence-corrected chi connectivity index (χ1v) is 3.97. The summed E-state index contributed by atoms with van der Waals surface area (Å²) in [5, 5.41) is 35.6. The largest absolute Gasteiger partial charge is 0.376 e. The molecule has 9 heteroatoms. The highest BCUT2D eigenvalue weighted by Gasteiger charge is 2.42. The van der Waals surface area contributed by atoms with Gasteiger partial charge >= 0.3 is 12.1 Å². The molecule has 0 saturated carbocycles. The van der Waals surface area contributed by atoms with Crippen molar-refractivity contribution >= 4 is 12.1 Å². The first-order valence-electron chi connectivity index (χ1n) is 3.97. The van der Waals surface area contributed by atoms with Crippen LogP contribution in [0.1, 0.15) is 0 Å². The Morgan fingerprint density at radius 1 is 0.933 bits per heavy atom. The van der Waals surface area contributed by atoms with Gasteiger partial charge in [0.25, 0.3) is 0 Å². The SMILES string of the molecule is O=C1N(CO)C(=O)N(CO)C(O)N1CO. The number of hydrogen-bond donors (Lipinski definition) is 4. The Hall–Kier alpha value is -1.42. The lowest BCUT2D eigenvalue weighted by Gasteiger charge is -2.41.